The number of aliphatic hydroxyl groups excluding tert-OH is 1. The third-order valence-electron chi connectivity index (χ3n) is 5.31. The lowest BCUT2D eigenvalue weighted by Crippen LogP contribution is -2.43. The van der Waals surface area contributed by atoms with Crippen LogP contribution in [-0.4, -0.2) is 62.9 Å². The number of carboxylic acid groups (broad SMARTS) is 1. The minimum Gasteiger partial charge on any atom is -0.480 e. The molecule has 178 valence electrons. The molecule has 1 atom stereocenters. The Morgan fingerprint density at radius 2 is 1.97 bits per heavy atom. The molecule has 2 aromatic heterocycles. The number of aliphatic carboxylic acids is 1. The Balaban J connectivity index is 1.64. The molecule has 2 aromatic rings. The molecule has 3 heterocycles. The molecule has 11 heteroatoms. The number of aliphatic hydroxyl groups is 1. The van der Waals surface area contributed by atoms with E-state index in [9.17, 15) is 19.8 Å². The van der Waals surface area contributed by atoms with Crippen LogP contribution in [0.25, 0.3) is 0 Å². The lowest BCUT2D eigenvalue weighted by Gasteiger charge is -2.27. The van der Waals surface area contributed by atoms with Crippen LogP contribution in [0.4, 0.5) is 5.82 Å². The van der Waals surface area contributed by atoms with Gasteiger partial charge in [-0.1, -0.05) is 29.3 Å². The fourth-order valence-corrected chi connectivity index (χ4v) is 4.14. The van der Waals surface area contributed by atoms with Crippen LogP contribution in [0.15, 0.2) is 24.5 Å². The van der Waals surface area contributed by atoms with Gasteiger partial charge in [0.05, 0.1) is 10.0 Å². The Morgan fingerprint density at radius 1 is 1.21 bits per heavy atom. The zero-order valence-electron chi connectivity index (χ0n) is 18.0. The maximum absolute atomic E-state index is 12.7. The number of carbonyl (C=O) groups is 2. The molecule has 0 amide bonds. The predicted octanol–water partition coefficient (Wildman–Crippen LogP) is 3.37. The van der Waals surface area contributed by atoms with Crippen molar-refractivity contribution in [1.82, 2.24) is 15.0 Å². The lowest BCUT2D eigenvalue weighted by atomic mass is 10.1. The summed E-state index contributed by atoms with van der Waals surface area (Å²) in [5.74, 6) is -1.18. The summed E-state index contributed by atoms with van der Waals surface area (Å²) >= 11 is 12.0. The molecule has 0 fully saturated rings. The summed E-state index contributed by atoms with van der Waals surface area (Å²) in [5, 5.41) is 23.2. The summed E-state index contributed by atoms with van der Waals surface area (Å²) < 4.78 is 0. The van der Waals surface area contributed by atoms with Crippen LogP contribution in [-0.2, 0) is 22.5 Å². The molecule has 33 heavy (non-hydrogen) atoms. The molecule has 1 aliphatic rings. The molecule has 0 radical (unpaired) electrons. The number of rotatable bonds is 11. The second-order valence-electron chi connectivity index (χ2n) is 7.66. The monoisotopic (exact) mass is 496 g/mol. The third-order valence-corrected chi connectivity index (χ3v) is 5.88. The van der Waals surface area contributed by atoms with E-state index >= 15 is 0 Å². The van der Waals surface area contributed by atoms with E-state index < -0.39 is 18.0 Å². The van der Waals surface area contributed by atoms with Gasteiger partial charge in [-0.3, -0.25) is 9.78 Å². The van der Waals surface area contributed by atoms with E-state index in [1.54, 1.807) is 0 Å². The first kappa shape index (κ1) is 25.2. The highest BCUT2D eigenvalue weighted by Gasteiger charge is 2.30. The van der Waals surface area contributed by atoms with Gasteiger partial charge in [-0.2, -0.15) is 0 Å². The first-order chi connectivity index (χ1) is 15.9. The van der Waals surface area contributed by atoms with Gasteiger partial charge in [-0.25, -0.2) is 9.78 Å². The van der Waals surface area contributed by atoms with Crippen molar-refractivity contribution < 1.29 is 24.6 Å². The molecule has 0 saturated carbocycles. The number of aryl methyl sites for hydroxylation is 2. The second kappa shape index (κ2) is 12.1. The van der Waals surface area contributed by atoms with Crippen LogP contribution in [0, 0.1) is 0 Å². The van der Waals surface area contributed by atoms with Gasteiger partial charge in [0, 0.05) is 37.8 Å². The molecule has 3 rings (SSSR count). The van der Waals surface area contributed by atoms with Crippen molar-refractivity contribution in [2.75, 3.05) is 25.0 Å². The molecule has 0 aliphatic carbocycles. The van der Waals surface area contributed by atoms with E-state index in [0.717, 1.165) is 36.0 Å². The number of nitrogens with zero attached hydrogens (tertiary/aromatic N) is 3. The molecule has 0 bridgehead atoms. The quantitative estimate of drug-likeness (QED) is 0.317. The van der Waals surface area contributed by atoms with Crippen molar-refractivity contribution in [3.05, 3.63) is 51.4 Å². The van der Waals surface area contributed by atoms with Gasteiger partial charge in [0.2, 0.25) is 0 Å². The van der Waals surface area contributed by atoms with Crippen molar-refractivity contribution in [2.45, 2.75) is 44.6 Å². The maximum Gasteiger partial charge on any atom is 0.360 e. The Bertz CT molecular complexity index is 971. The first-order valence-corrected chi connectivity index (χ1v) is 11.5. The van der Waals surface area contributed by atoms with E-state index in [1.165, 1.54) is 18.0 Å². The van der Waals surface area contributed by atoms with Crippen LogP contribution < -0.4 is 5.32 Å². The fraction of sp³-hybridized carbons (Fsp3) is 0.455. The smallest absolute Gasteiger partial charge is 0.360 e. The van der Waals surface area contributed by atoms with Gasteiger partial charge in [-0.15, -0.1) is 5.06 Å². The number of carboxylic acids is 1. The minimum absolute atomic E-state index is 0.00595. The largest absolute Gasteiger partial charge is 0.480 e. The van der Waals surface area contributed by atoms with Crippen molar-refractivity contribution in [3.63, 3.8) is 0 Å². The van der Waals surface area contributed by atoms with E-state index in [0.29, 0.717) is 19.3 Å². The van der Waals surface area contributed by atoms with Gasteiger partial charge in [0.25, 0.3) is 0 Å². The van der Waals surface area contributed by atoms with E-state index in [2.05, 4.69) is 21.4 Å². The van der Waals surface area contributed by atoms with Gasteiger partial charge in [0.15, 0.2) is 0 Å². The number of anilines is 1. The summed E-state index contributed by atoms with van der Waals surface area (Å²) in [6.07, 6.45) is 6.41. The predicted molar refractivity (Wildman–Crippen MR) is 123 cm³/mol. The number of unbranched alkanes of at least 4 members (excludes halogenated alkanes) is 1. The first-order valence-electron chi connectivity index (χ1n) is 10.7. The Kier molecular flexibility index (Phi) is 9.25. The van der Waals surface area contributed by atoms with Crippen LogP contribution in [0.3, 0.4) is 0 Å². The Hall–Kier alpha value is -2.46. The highest BCUT2D eigenvalue weighted by molar-refractivity contribution is 6.39. The zero-order valence-corrected chi connectivity index (χ0v) is 19.5. The summed E-state index contributed by atoms with van der Waals surface area (Å²) in [4.78, 5) is 38.3. The highest BCUT2D eigenvalue weighted by atomic mass is 35.5. The van der Waals surface area contributed by atoms with E-state index in [1.807, 2.05) is 6.07 Å². The fourth-order valence-electron chi connectivity index (χ4n) is 3.62. The average molecular weight is 497 g/mol. The normalized spacial score (nSPS) is 13.8. The molecule has 0 unspecified atom stereocenters. The minimum atomic E-state index is -1.22. The topological polar surface area (TPSA) is 125 Å². The average Bonchev–Trinajstić information content (AvgIpc) is 2.79. The number of aromatic nitrogens is 2. The van der Waals surface area contributed by atoms with Crippen molar-refractivity contribution in [2.24, 2.45) is 0 Å². The second-order valence-corrected chi connectivity index (χ2v) is 8.48. The van der Waals surface area contributed by atoms with Crippen molar-refractivity contribution in [1.29, 1.82) is 0 Å². The number of pyridine rings is 2. The maximum atomic E-state index is 12.7. The number of carbonyl (C=O) groups excluding carboxylic acids is 1. The molecule has 0 aromatic carbocycles. The van der Waals surface area contributed by atoms with E-state index in [-0.39, 0.29) is 35.2 Å². The summed E-state index contributed by atoms with van der Waals surface area (Å²) in [7, 11) is 0. The number of fused-ring (bicyclic) bond motifs is 1. The highest BCUT2D eigenvalue weighted by Crippen LogP contribution is 2.25. The van der Waals surface area contributed by atoms with Gasteiger partial charge in [-0.05, 0) is 50.2 Å². The Morgan fingerprint density at radius 3 is 2.67 bits per heavy atom. The summed E-state index contributed by atoms with van der Waals surface area (Å²) in [6, 6.07) is 2.87. The van der Waals surface area contributed by atoms with Crippen molar-refractivity contribution in [3.8, 4) is 0 Å². The molecule has 0 saturated heterocycles. The van der Waals surface area contributed by atoms with E-state index in [4.69, 9.17) is 28.0 Å². The van der Waals surface area contributed by atoms with Crippen LogP contribution in [0.5, 0.6) is 0 Å². The Labute approximate surface area is 201 Å². The molecular formula is C22H26Cl2N4O5. The number of hydrogen-bond donors (Lipinski definition) is 3. The van der Waals surface area contributed by atoms with Gasteiger partial charge < -0.3 is 20.4 Å². The summed E-state index contributed by atoms with van der Waals surface area (Å²) in [5.41, 5.74) is 2.05. The number of hydroxylamine groups is 2. The number of hydrogen-bond acceptors (Lipinski definition) is 8. The lowest BCUT2D eigenvalue weighted by molar-refractivity contribution is -0.174. The third kappa shape index (κ3) is 6.77. The standard InChI is InChI=1S/C22H26Cl2N4O5/c23-16-12-25-13-17(24)19(16)22(32)33-28(18(8-11-29)21(30)31)10-2-1-5-15-7-6-14-4-3-9-26-20(14)27-15/h6-7,12-13,18,29H,1-5,8-11H2,(H,26,27)(H,30,31)/t18-/m1/s1. The molecule has 1 aliphatic heterocycles. The number of nitrogens with one attached hydrogen (secondary N) is 1. The molecule has 9 nitrogen and oxygen atoms in total. The SMILES string of the molecule is O=C(ON(CCCCc1ccc2c(n1)NCCC2)[C@H](CCO)C(=O)O)c1c(Cl)cncc1Cl. The molecule has 3 N–H and O–H groups in total. The van der Waals surface area contributed by atoms with Crippen molar-refractivity contribution >= 4 is 41.0 Å². The van der Waals surface area contributed by atoms with Gasteiger partial charge >= 0.3 is 11.9 Å². The molecule has 0 spiro atoms. The molecular weight excluding hydrogens is 471 g/mol. The number of halogens is 2. The van der Waals surface area contributed by atoms with Crippen LogP contribution in [0.1, 0.15) is 47.3 Å². The van der Waals surface area contributed by atoms with Crippen LogP contribution >= 0.6 is 23.2 Å². The summed E-state index contributed by atoms with van der Waals surface area (Å²) in [6.45, 7) is 0.677. The van der Waals surface area contributed by atoms with Crippen LogP contribution in [0.2, 0.25) is 10.0 Å². The zero-order chi connectivity index (χ0) is 23.8. The van der Waals surface area contributed by atoms with Gasteiger partial charge in [0.1, 0.15) is 17.4 Å².